The van der Waals surface area contributed by atoms with Crippen LogP contribution in [-0.4, -0.2) is 47.7 Å². The number of piperidine rings is 1. The Hall–Kier alpha value is -2.64. The Bertz CT molecular complexity index is 742. The van der Waals surface area contributed by atoms with Crippen LogP contribution in [-0.2, 0) is 20.7 Å². The molecule has 0 spiro atoms. The van der Waals surface area contributed by atoms with Crippen molar-refractivity contribution >= 4 is 17.7 Å². The summed E-state index contributed by atoms with van der Waals surface area (Å²) in [6.07, 6.45) is 1.41. The quantitative estimate of drug-likeness (QED) is 0.430. The average Bonchev–Trinajstić information content (AvgIpc) is 2.64. The third kappa shape index (κ3) is 5.21. The van der Waals surface area contributed by atoms with Gasteiger partial charge in [0.05, 0.1) is 17.4 Å². The monoisotopic (exact) mass is 392 g/mol. The summed E-state index contributed by atoms with van der Waals surface area (Å²) in [5.74, 6) is -0.403. The Labute approximate surface area is 164 Å². The Morgan fingerprint density at radius 3 is 2.57 bits per heavy atom. The summed E-state index contributed by atoms with van der Waals surface area (Å²) >= 11 is 0. The summed E-state index contributed by atoms with van der Waals surface area (Å²) in [7, 11) is 1.32. The Balaban J connectivity index is 2.21. The minimum absolute atomic E-state index is 0.0299. The lowest BCUT2D eigenvalue weighted by Crippen LogP contribution is -2.51. The molecule has 1 atom stereocenters. The number of hydrogen-bond acceptors (Lipinski definition) is 6. The second kappa shape index (κ2) is 8.58. The first-order chi connectivity index (χ1) is 13.1. The zero-order chi connectivity index (χ0) is 20.9. The summed E-state index contributed by atoms with van der Waals surface area (Å²) in [5, 5.41) is 11.3. The van der Waals surface area contributed by atoms with E-state index in [0.29, 0.717) is 37.8 Å². The normalized spacial score (nSPS) is 19.8. The van der Waals surface area contributed by atoms with E-state index in [1.807, 2.05) is 0 Å². The number of para-hydroxylation sites is 1. The molecule has 154 valence electrons. The van der Waals surface area contributed by atoms with Crippen LogP contribution in [0.4, 0.5) is 10.5 Å². The highest BCUT2D eigenvalue weighted by Gasteiger charge is 2.45. The van der Waals surface area contributed by atoms with E-state index in [-0.39, 0.29) is 12.2 Å². The molecule has 1 aliphatic heterocycles. The molecule has 0 aliphatic carbocycles. The molecule has 1 amide bonds. The van der Waals surface area contributed by atoms with E-state index in [1.54, 1.807) is 39.0 Å². The molecular weight excluding hydrogens is 364 g/mol. The maximum absolute atomic E-state index is 12.6. The molecule has 1 aliphatic rings. The molecule has 1 aromatic carbocycles. The number of nitro benzene ring substituents is 1. The van der Waals surface area contributed by atoms with Gasteiger partial charge < -0.3 is 14.4 Å². The Morgan fingerprint density at radius 2 is 1.96 bits per heavy atom. The van der Waals surface area contributed by atoms with E-state index in [0.717, 1.165) is 0 Å². The fourth-order valence-electron chi connectivity index (χ4n) is 3.58. The second-order valence-electron chi connectivity index (χ2n) is 8.16. The van der Waals surface area contributed by atoms with Crippen LogP contribution in [0.5, 0.6) is 0 Å². The Morgan fingerprint density at radius 1 is 1.29 bits per heavy atom. The molecule has 1 saturated heterocycles. The lowest BCUT2D eigenvalue weighted by Gasteiger charge is -2.41. The zero-order valence-corrected chi connectivity index (χ0v) is 16.9. The van der Waals surface area contributed by atoms with Crippen LogP contribution in [0.25, 0.3) is 0 Å². The molecule has 0 saturated carbocycles. The van der Waals surface area contributed by atoms with Crippen LogP contribution >= 0.6 is 0 Å². The zero-order valence-electron chi connectivity index (χ0n) is 16.9. The number of likely N-dealkylation sites (tertiary alicyclic amines) is 1. The van der Waals surface area contributed by atoms with E-state index < -0.39 is 28.0 Å². The van der Waals surface area contributed by atoms with E-state index in [2.05, 4.69) is 0 Å². The molecule has 1 fully saturated rings. The predicted octanol–water partition coefficient (Wildman–Crippen LogP) is 3.72. The second-order valence-corrected chi connectivity index (χ2v) is 8.16. The number of nitro groups is 1. The van der Waals surface area contributed by atoms with Crippen molar-refractivity contribution in [2.24, 2.45) is 5.41 Å². The smallest absolute Gasteiger partial charge is 0.410 e. The lowest BCUT2D eigenvalue weighted by atomic mass is 9.75. The van der Waals surface area contributed by atoms with Gasteiger partial charge in [-0.15, -0.1) is 0 Å². The van der Waals surface area contributed by atoms with Crippen LogP contribution in [0.15, 0.2) is 24.3 Å². The minimum atomic E-state index is -0.909. The van der Waals surface area contributed by atoms with Crippen molar-refractivity contribution in [3.63, 3.8) is 0 Å². The number of carbonyl (C=O) groups excluding carboxylic acids is 2. The SMILES string of the molecule is COC(=O)C1(CCc2ccccc2[N+](=O)[O-])CCCN(C(=O)OC(C)(C)C)C1. The van der Waals surface area contributed by atoms with Gasteiger partial charge in [0.2, 0.25) is 0 Å². The van der Waals surface area contributed by atoms with Gasteiger partial charge in [-0.3, -0.25) is 14.9 Å². The number of benzene rings is 1. The number of amides is 1. The van der Waals surface area contributed by atoms with Gasteiger partial charge in [-0.1, -0.05) is 18.2 Å². The highest BCUT2D eigenvalue weighted by Crippen LogP contribution is 2.37. The third-order valence-electron chi connectivity index (χ3n) is 4.91. The van der Waals surface area contributed by atoms with E-state index in [9.17, 15) is 19.7 Å². The number of esters is 1. The van der Waals surface area contributed by atoms with Crippen LogP contribution in [0.3, 0.4) is 0 Å². The van der Waals surface area contributed by atoms with Crippen LogP contribution < -0.4 is 0 Å². The van der Waals surface area contributed by atoms with Crippen molar-refractivity contribution in [1.29, 1.82) is 0 Å². The summed E-state index contributed by atoms with van der Waals surface area (Å²) in [5.41, 5.74) is -0.951. The van der Waals surface area contributed by atoms with E-state index in [1.165, 1.54) is 18.1 Å². The standard InChI is InChI=1S/C20H28N2O6/c1-19(2,3)28-18(24)21-13-7-11-20(14-21,17(23)27-4)12-10-15-8-5-6-9-16(15)22(25)26/h5-6,8-9H,7,10-14H2,1-4H3. The van der Waals surface area contributed by atoms with Crippen molar-refractivity contribution in [2.75, 3.05) is 20.2 Å². The maximum Gasteiger partial charge on any atom is 0.410 e. The number of rotatable bonds is 5. The third-order valence-corrected chi connectivity index (χ3v) is 4.91. The van der Waals surface area contributed by atoms with Crippen molar-refractivity contribution in [3.8, 4) is 0 Å². The maximum atomic E-state index is 12.6. The van der Waals surface area contributed by atoms with Crippen molar-refractivity contribution < 1.29 is 24.0 Å². The van der Waals surface area contributed by atoms with Crippen molar-refractivity contribution in [1.82, 2.24) is 4.90 Å². The molecule has 8 heteroatoms. The molecule has 1 heterocycles. The first-order valence-electron chi connectivity index (χ1n) is 9.37. The van der Waals surface area contributed by atoms with Gasteiger partial charge in [0, 0.05) is 24.7 Å². The topological polar surface area (TPSA) is 99.0 Å². The molecule has 0 radical (unpaired) electrons. The first kappa shape index (κ1) is 21.7. The van der Waals surface area contributed by atoms with Gasteiger partial charge in [0.1, 0.15) is 5.60 Å². The fourth-order valence-corrected chi connectivity index (χ4v) is 3.58. The average molecular weight is 392 g/mol. The van der Waals surface area contributed by atoms with Crippen LogP contribution in [0.1, 0.15) is 45.6 Å². The predicted molar refractivity (Wildman–Crippen MR) is 103 cm³/mol. The van der Waals surface area contributed by atoms with Gasteiger partial charge in [-0.05, 0) is 46.5 Å². The molecule has 0 aromatic heterocycles. The summed E-state index contributed by atoms with van der Waals surface area (Å²) in [4.78, 5) is 37.5. The van der Waals surface area contributed by atoms with Crippen molar-refractivity contribution in [3.05, 3.63) is 39.9 Å². The highest BCUT2D eigenvalue weighted by atomic mass is 16.6. The Kier molecular flexibility index (Phi) is 6.64. The van der Waals surface area contributed by atoms with Gasteiger partial charge in [-0.2, -0.15) is 0 Å². The number of hydrogen-bond donors (Lipinski definition) is 0. The van der Waals surface area contributed by atoms with Gasteiger partial charge in [0.25, 0.3) is 5.69 Å². The molecular formula is C20H28N2O6. The van der Waals surface area contributed by atoms with Gasteiger partial charge >= 0.3 is 12.1 Å². The minimum Gasteiger partial charge on any atom is -0.469 e. The van der Waals surface area contributed by atoms with E-state index >= 15 is 0 Å². The van der Waals surface area contributed by atoms with Gasteiger partial charge in [-0.25, -0.2) is 4.79 Å². The molecule has 1 aromatic rings. The molecule has 8 nitrogen and oxygen atoms in total. The molecule has 28 heavy (non-hydrogen) atoms. The number of ether oxygens (including phenoxy) is 2. The highest BCUT2D eigenvalue weighted by molar-refractivity contribution is 5.78. The van der Waals surface area contributed by atoms with Crippen LogP contribution in [0, 0.1) is 15.5 Å². The molecule has 2 rings (SSSR count). The molecule has 1 unspecified atom stereocenters. The summed E-state index contributed by atoms with van der Waals surface area (Å²) in [6, 6.07) is 6.50. The fraction of sp³-hybridized carbons (Fsp3) is 0.600. The molecule has 0 bridgehead atoms. The van der Waals surface area contributed by atoms with Crippen molar-refractivity contribution in [2.45, 2.75) is 52.1 Å². The van der Waals surface area contributed by atoms with Gasteiger partial charge in [0.15, 0.2) is 0 Å². The first-order valence-corrected chi connectivity index (χ1v) is 9.37. The largest absolute Gasteiger partial charge is 0.469 e. The molecule has 0 N–H and O–H groups in total. The van der Waals surface area contributed by atoms with E-state index in [4.69, 9.17) is 9.47 Å². The summed E-state index contributed by atoms with van der Waals surface area (Å²) in [6.45, 7) is 6.04. The number of methoxy groups -OCH3 is 1. The number of nitrogens with zero attached hydrogens (tertiary/aromatic N) is 2. The number of carbonyl (C=O) groups is 2. The number of aryl methyl sites for hydroxylation is 1. The van der Waals surface area contributed by atoms with Crippen LogP contribution in [0.2, 0.25) is 0 Å². The lowest BCUT2D eigenvalue weighted by molar-refractivity contribution is -0.385. The summed E-state index contributed by atoms with van der Waals surface area (Å²) < 4.78 is 10.5.